The Morgan fingerprint density at radius 3 is 1.73 bits per heavy atom. The molecule has 0 radical (unpaired) electrons. The summed E-state index contributed by atoms with van der Waals surface area (Å²) < 4.78 is 9.36. The third-order valence-electron chi connectivity index (χ3n) is 11.6. The summed E-state index contributed by atoms with van der Waals surface area (Å²) in [6.45, 7) is 0. The van der Waals surface area contributed by atoms with Crippen LogP contribution in [0.1, 0.15) is 0 Å². The Hall–Kier alpha value is -6.11. The molecule has 7 aromatic carbocycles. The number of furan rings is 1. The number of hydrogen-bond donors (Lipinski definition) is 0. The number of benzene rings is 7. The first-order valence-corrected chi connectivity index (χ1v) is 19.5. The molecule has 3 heterocycles. The van der Waals surface area contributed by atoms with E-state index in [1.807, 2.05) is 47.7 Å². The van der Waals surface area contributed by atoms with Crippen LogP contribution in [0, 0.1) is 0 Å². The summed E-state index contributed by atoms with van der Waals surface area (Å²) in [4.78, 5) is 15.2. The molecule has 10 rings (SSSR count). The molecule has 4 nitrogen and oxygen atoms in total. The van der Waals surface area contributed by atoms with Gasteiger partial charge in [-0.15, -0.1) is 27.7 Å². The van der Waals surface area contributed by atoms with E-state index < -0.39 is 0 Å². The molecule has 0 fully saturated rings. The van der Waals surface area contributed by atoms with Crippen molar-refractivity contribution in [1.29, 1.82) is 0 Å². The second kappa shape index (κ2) is 13.0. The van der Waals surface area contributed by atoms with Crippen molar-refractivity contribution in [2.45, 2.75) is 0 Å². The van der Waals surface area contributed by atoms with Crippen molar-refractivity contribution >= 4 is 120 Å². The Morgan fingerprint density at radius 2 is 0.982 bits per heavy atom. The van der Waals surface area contributed by atoms with Crippen LogP contribution in [-0.2, 0) is 0 Å². The molecule has 3 aromatic heterocycles. The minimum absolute atomic E-state index is 0.573. The summed E-state index contributed by atoms with van der Waals surface area (Å²) >= 11 is 1.84. The standard InChI is InChI=1S/C45H32B5N3OS/c46-36-35(37(47)39(49)40(50)38(36)48)23-16-18-25(19-17-23)44-51-43(24-8-2-1-3-9-24)52-45(53-44)32-14-7-12-30-28-21-20-26(22-33(28)54-41(30)32)27-11-6-13-31-29-10-4-5-15-34(29)55-42(27)31/h1-22H,46-50H2. The van der Waals surface area contributed by atoms with E-state index >= 15 is 0 Å². The summed E-state index contributed by atoms with van der Waals surface area (Å²) in [5.41, 5.74) is 15.8. The van der Waals surface area contributed by atoms with E-state index in [1.165, 1.54) is 64.2 Å². The number of nitrogens with zero attached hydrogens (tertiary/aromatic N) is 3. The van der Waals surface area contributed by atoms with Gasteiger partial charge in [-0.25, -0.2) is 15.0 Å². The van der Waals surface area contributed by atoms with Gasteiger partial charge in [-0.2, -0.15) is 0 Å². The van der Waals surface area contributed by atoms with E-state index in [2.05, 4.69) is 136 Å². The van der Waals surface area contributed by atoms with Crippen molar-refractivity contribution in [1.82, 2.24) is 15.0 Å². The molecule has 0 saturated heterocycles. The monoisotopic (exact) mass is 717 g/mol. The highest BCUT2D eigenvalue weighted by Gasteiger charge is 2.20. The number of rotatable bonds is 5. The lowest BCUT2D eigenvalue weighted by Gasteiger charge is -2.20. The quantitative estimate of drug-likeness (QED) is 0.255. The van der Waals surface area contributed by atoms with E-state index in [-0.39, 0.29) is 0 Å². The second-order valence-corrected chi connectivity index (χ2v) is 15.6. The van der Waals surface area contributed by atoms with E-state index in [4.69, 9.17) is 19.4 Å². The molecule has 55 heavy (non-hydrogen) atoms. The van der Waals surface area contributed by atoms with Crippen molar-refractivity contribution in [3.8, 4) is 56.4 Å². The van der Waals surface area contributed by atoms with Gasteiger partial charge in [0.05, 0.1) is 5.56 Å². The van der Waals surface area contributed by atoms with Crippen LogP contribution in [0.5, 0.6) is 0 Å². The van der Waals surface area contributed by atoms with E-state index in [1.54, 1.807) is 0 Å². The van der Waals surface area contributed by atoms with Crippen molar-refractivity contribution in [2.75, 3.05) is 0 Å². The van der Waals surface area contributed by atoms with Gasteiger partial charge in [0.2, 0.25) is 0 Å². The number of thiophene rings is 1. The highest BCUT2D eigenvalue weighted by atomic mass is 32.1. The summed E-state index contributed by atoms with van der Waals surface area (Å²) in [6.07, 6.45) is 0. The summed E-state index contributed by atoms with van der Waals surface area (Å²) in [5.74, 6) is 1.81. The van der Waals surface area contributed by atoms with Gasteiger partial charge in [0.1, 0.15) is 50.4 Å². The lowest BCUT2D eigenvalue weighted by atomic mass is 9.59. The Bertz CT molecular complexity index is 3130. The minimum atomic E-state index is 0.573. The van der Waals surface area contributed by atoms with Crippen LogP contribution in [0.4, 0.5) is 0 Å². The number of para-hydroxylation sites is 1. The fraction of sp³-hybridized carbons (Fsp3) is 0. The van der Waals surface area contributed by atoms with Gasteiger partial charge < -0.3 is 4.42 Å². The Kier molecular flexibility index (Phi) is 7.93. The average molecular weight is 717 g/mol. The lowest BCUT2D eigenvalue weighted by molar-refractivity contribution is 0.669. The number of hydrogen-bond acceptors (Lipinski definition) is 5. The van der Waals surface area contributed by atoms with Crippen LogP contribution in [0.15, 0.2) is 138 Å². The normalized spacial score (nSPS) is 11.6. The third kappa shape index (κ3) is 5.46. The van der Waals surface area contributed by atoms with Crippen molar-refractivity contribution in [3.05, 3.63) is 133 Å². The van der Waals surface area contributed by atoms with Gasteiger partial charge in [0, 0.05) is 42.1 Å². The van der Waals surface area contributed by atoms with Gasteiger partial charge in [-0.1, -0.05) is 120 Å². The molecule has 0 unspecified atom stereocenters. The molecule has 10 heteroatoms. The maximum Gasteiger partial charge on any atom is 0.167 e. The SMILES string of the molecule is Bc1c(B)c(B)c(-c2ccc(-c3nc(-c4ccccc4)nc(-c4cccc5c4oc4cc(-c6cccc7c6sc6ccccc67)ccc45)n3)cc2)c(B)c1B. The molecule has 0 aliphatic rings. The maximum absolute atomic E-state index is 6.78. The molecule has 0 aliphatic carbocycles. The molecular weight excluding hydrogens is 685 g/mol. The predicted molar refractivity (Wildman–Crippen MR) is 248 cm³/mol. The first-order valence-electron chi connectivity index (χ1n) is 18.7. The van der Waals surface area contributed by atoms with Gasteiger partial charge in [0.25, 0.3) is 0 Å². The fourth-order valence-electron chi connectivity index (χ4n) is 8.18. The molecule has 0 amide bonds. The molecule has 0 aliphatic heterocycles. The minimum Gasteiger partial charge on any atom is -0.455 e. The Morgan fingerprint density at radius 1 is 0.418 bits per heavy atom. The van der Waals surface area contributed by atoms with Crippen LogP contribution in [0.25, 0.3) is 98.5 Å². The summed E-state index contributed by atoms with van der Waals surface area (Å²) in [5, 5.41) is 4.67. The highest BCUT2D eigenvalue weighted by molar-refractivity contribution is 7.26. The van der Waals surface area contributed by atoms with Crippen molar-refractivity contribution in [2.24, 2.45) is 0 Å². The van der Waals surface area contributed by atoms with E-state index in [0.717, 1.165) is 44.2 Å². The molecule has 0 atom stereocenters. The Labute approximate surface area is 327 Å². The van der Waals surface area contributed by atoms with Crippen LogP contribution in [0.2, 0.25) is 0 Å². The largest absolute Gasteiger partial charge is 0.455 e. The van der Waals surface area contributed by atoms with Gasteiger partial charge in [-0.05, 0) is 46.5 Å². The zero-order chi connectivity index (χ0) is 37.4. The second-order valence-electron chi connectivity index (χ2n) is 14.5. The third-order valence-corrected chi connectivity index (χ3v) is 12.8. The first-order chi connectivity index (χ1) is 26.8. The molecule has 0 bridgehead atoms. The fourth-order valence-corrected chi connectivity index (χ4v) is 9.42. The van der Waals surface area contributed by atoms with Gasteiger partial charge >= 0.3 is 0 Å². The van der Waals surface area contributed by atoms with Crippen LogP contribution >= 0.6 is 11.3 Å². The number of fused-ring (bicyclic) bond motifs is 6. The van der Waals surface area contributed by atoms with Crippen LogP contribution < -0.4 is 27.3 Å². The molecule has 0 N–H and O–H groups in total. The Balaban J connectivity index is 1.10. The van der Waals surface area contributed by atoms with E-state index in [9.17, 15) is 0 Å². The average Bonchev–Trinajstić information content (AvgIpc) is 3.81. The summed E-state index contributed by atoms with van der Waals surface area (Å²) in [7, 11) is 11.1. The van der Waals surface area contributed by atoms with Crippen LogP contribution in [0.3, 0.4) is 0 Å². The maximum atomic E-state index is 6.78. The first kappa shape index (κ1) is 33.5. The zero-order valence-corrected chi connectivity index (χ0v) is 32.2. The smallest absolute Gasteiger partial charge is 0.167 e. The molecule has 0 spiro atoms. The molecule has 10 aromatic rings. The van der Waals surface area contributed by atoms with E-state index in [0.29, 0.717) is 17.5 Å². The molecular formula is C45H32B5N3OS. The predicted octanol–water partition coefficient (Wildman–Crippen LogP) is 3.77. The van der Waals surface area contributed by atoms with Gasteiger partial charge in [-0.3, -0.25) is 0 Å². The number of aromatic nitrogens is 3. The van der Waals surface area contributed by atoms with Gasteiger partial charge in [0.15, 0.2) is 17.5 Å². The van der Waals surface area contributed by atoms with Crippen LogP contribution in [-0.4, -0.2) is 54.2 Å². The highest BCUT2D eigenvalue weighted by Crippen LogP contribution is 2.42. The molecule has 0 saturated carbocycles. The topological polar surface area (TPSA) is 51.8 Å². The summed E-state index contributed by atoms with van der Waals surface area (Å²) in [6, 6.07) is 46.8. The lowest BCUT2D eigenvalue weighted by Crippen LogP contribution is -2.55. The van der Waals surface area contributed by atoms with Crippen molar-refractivity contribution < 1.29 is 4.42 Å². The molecule has 254 valence electrons. The zero-order valence-electron chi connectivity index (χ0n) is 31.4. The van der Waals surface area contributed by atoms with Crippen molar-refractivity contribution in [3.63, 3.8) is 0 Å².